The van der Waals surface area contributed by atoms with Crippen LogP contribution in [0.15, 0.2) is 36.4 Å². The van der Waals surface area contributed by atoms with Crippen molar-refractivity contribution in [1.29, 1.82) is 0 Å². The SMILES string of the molecule is CC(C)(C)[C@@H](N)c1ccc(O)c2ccccc12.Cl. The first-order chi connectivity index (χ1) is 7.91. The van der Waals surface area contributed by atoms with E-state index in [9.17, 15) is 5.11 Å². The van der Waals surface area contributed by atoms with Crippen LogP contribution in [0.1, 0.15) is 32.4 Å². The van der Waals surface area contributed by atoms with Crippen LogP contribution in [0.5, 0.6) is 5.75 Å². The number of hydrogen-bond donors (Lipinski definition) is 2. The highest BCUT2D eigenvalue weighted by Gasteiger charge is 2.24. The van der Waals surface area contributed by atoms with Crippen LogP contribution in [0.4, 0.5) is 0 Å². The van der Waals surface area contributed by atoms with E-state index < -0.39 is 0 Å². The van der Waals surface area contributed by atoms with Gasteiger partial charge in [0, 0.05) is 11.4 Å². The summed E-state index contributed by atoms with van der Waals surface area (Å²) in [5, 5.41) is 11.7. The molecule has 0 aliphatic rings. The monoisotopic (exact) mass is 265 g/mol. The Labute approximate surface area is 114 Å². The van der Waals surface area contributed by atoms with Gasteiger partial charge in [0.1, 0.15) is 5.75 Å². The van der Waals surface area contributed by atoms with E-state index in [4.69, 9.17) is 5.73 Å². The maximum atomic E-state index is 9.84. The molecular formula is C15H20ClNO. The van der Waals surface area contributed by atoms with Crippen molar-refractivity contribution in [3.8, 4) is 5.75 Å². The van der Waals surface area contributed by atoms with Crippen LogP contribution in [0.2, 0.25) is 0 Å². The first kappa shape index (κ1) is 14.8. The van der Waals surface area contributed by atoms with Gasteiger partial charge >= 0.3 is 0 Å². The Bertz CT molecular complexity index is 546. The fourth-order valence-corrected chi connectivity index (χ4v) is 2.04. The molecule has 0 unspecified atom stereocenters. The largest absolute Gasteiger partial charge is 0.507 e. The number of benzene rings is 2. The second-order valence-electron chi connectivity index (χ2n) is 5.56. The minimum absolute atomic E-state index is 0. The lowest BCUT2D eigenvalue weighted by Crippen LogP contribution is -2.26. The Morgan fingerprint density at radius 3 is 2.11 bits per heavy atom. The molecule has 0 aliphatic carbocycles. The van der Waals surface area contributed by atoms with Crippen molar-refractivity contribution in [3.05, 3.63) is 42.0 Å². The number of phenols is 1. The molecule has 2 aromatic rings. The van der Waals surface area contributed by atoms with Crippen LogP contribution in [0.25, 0.3) is 10.8 Å². The van der Waals surface area contributed by atoms with E-state index in [-0.39, 0.29) is 23.9 Å². The lowest BCUT2D eigenvalue weighted by molar-refractivity contribution is 0.328. The van der Waals surface area contributed by atoms with E-state index in [0.29, 0.717) is 5.75 Å². The van der Waals surface area contributed by atoms with Crippen LogP contribution in [-0.2, 0) is 0 Å². The fourth-order valence-electron chi connectivity index (χ4n) is 2.04. The predicted octanol–water partition coefficient (Wildman–Crippen LogP) is 4.01. The summed E-state index contributed by atoms with van der Waals surface area (Å²) >= 11 is 0. The zero-order valence-corrected chi connectivity index (χ0v) is 11.8. The summed E-state index contributed by atoms with van der Waals surface area (Å²) in [5.41, 5.74) is 7.40. The number of nitrogens with two attached hydrogens (primary N) is 1. The molecule has 2 rings (SSSR count). The van der Waals surface area contributed by atoms with Gasteiger partial charge in [0.05, 0.1) is 0 Å². The van der Waals surface area contributed by atoms with Crippen molar-refractivity contribution in [2.75, 3.05) is 0 Å². The van der Waals surface area contributed by atoms with Crippen LogP contribution in [0, 0.1) is 5.41 Å². The summed E-state index contributed by atoms with van der Waals surface area (Å²) in [7, 11) is 0. The topological polar surface area (TPSA) is 46.2 Å². The first-order valence-corrected chi connectivity index (χ1v) is 5.87. The lowest BCUT2D eigenvalue weighted by atomic mass is 9.81. The third-order valence-corrected chi connectivity index (χ3v) is 3.20. The summed E-state index contributed by atoms with van der Waals surface area (Å²) in [6.45, 7) is 6.37. The van der Waals surface area contributed by atoms with Crippen LogP contribution in [-0.4, -0.2) is 5.11 Å². The minimum atomic E-state index is -0.0481. The number of rotatable bonds is 1. The molecule has 0 saturated carbocycles. The standard InChI is InChI=1S/C15H19NO.ClH/c1-15(2,3)14(16)12-8-9-13(17)11-7-5-4-6-10(11)12;/h4-9,14,17H,16H2,1-3H3;1H/t14-;/m0./s1. The Kier molecular flexibility index (Phi) is 4.25. The van der Waals surface area contributed by atoms with Gasteiger partial charge in [-0.25, -0.2) is 0 Å². The molecule has 2 nitrogen and oxygen atoms in total. The molecule has 0 bridgehead atoms. The molecule has 0 aliphatic heterocycles. The Morgan fingerprint density at radius 2 is 1.56 bits per heavy atom. The van der Waals surface area contributed by atoms with E-state index in [0.717, 1.165) is 16.3 Å². The molecule has 2 aromatic carbocycles. The Balaban J connectivity index is 0.00000162. The van der Waals surface area contributed by atoms with Gasteiger partial charge in [-0.1, -0.05) is 51.1 Å². The number of halogens is 1. The highest BCUT2D eigenvalue weighted by Crippen LogP contribution is 2.36. The van der Waals surface area contributed by atoms with Crippen molar-refractivity contribution < 1.29 is 5.11 Å². The van der Waals surface area contributed by atoms with Crippen molar-refractivity contribution >= 4 is 23.2 Å². The quantitative estimate of drug-likeness (QED) is 0.818. The maximum Gasteiger partial charge on any atom is 0.123 e. The van der Waals surface area contributed by atoms with E-state index in [1.807, 2.05) is 30.3 Å². The van der Waals surface area contributed by atoms with Gasteiger partial charge in [0.15, 0.2) is 0 Å². The van der Waals surface area contributed by atoms with Gasteiger partial charge in [0.25, 0.3) is 0 Å². The molecule has 0 spiro atoms. The molecule has 98 valence electrons. The van der Waals surface area contributed by atoms with Crippen molar-refractivity contribution in [2.45, 2.75) is 26.8 Å². The minimum Gasteiger partial charge on any atom is -0.507 e. The van der Waals surface area contributed by atoms with Gasteiger partial charge in [-0.2, -0.15) is 0 Å². The van der Waals surface area contributed by atoms with Gasteiger partial charge in [-0.05, 0) is 22.4 Å². The average Bonchev–Trinajstić information content (AvgIpc) is 2.28. The summed E-state index contributed by atoms with van der Waals surface area (Å²) in [6.07, 6.45) is 0. The molecule has 3 heteroatoms. The average molecular weight is 266 g/mol. The predicted molar refractivity (Wildman–Crippen MR) is 79.2 cm³/mol. The Hall–Kier alpha value is -1.25. The molecule has 0 saturated heterocycles. The molecule has 0 radical (unpaired) electrons. The molecule has 0 aromatic heterocycles. The van der Waals surface area contributed by atoms with E-state index in [2.05, 4.69) is 20.8 Å². The van der Waals surface area contributed by atoms with Gasteiger partial charge < -0.3 is 10.8 Å². The van der Waals surface area contributed by atoms with Crippen molar-refractivity contribution in [2.24, 2.45) is 11.1 Å². The smallest absolute Gasteiger partial charge is 0.123 e. The number of fused-ring (bicyclic) bond motifs is 1. The van der Waals surface area contributed by atoms with Crippen LogP contribution < -0.4 is 5.73 Å². The van der Waals surface area contributed by atoms with Gasteiger partial charge in [0.2, 0.25) is 0 Å². The molecule has 3 N–H and O–H groups in total. The third kappa shape index (κ3) is 2.60. The molecule has 0 heterocycles. The normalized spacial score (nSPS) is 13.1. The summed E-state index contributed by atoms with van der Waals surface area (Å²) < 4.78 is 0. The number of hydrogen-bond acceptors (Lipinski definition) is 2. The first-order valence-electron chi connectivity index (χ1n) is 5.87. The summed E-state index contributed by atoms with van der Waals surface area (Å²) in [4.78, 5) is 0. The Morgan fingerprint density at radius 1 is 1.00 bits per heavy atom. The van der Waals surface area contributed by atoms with E-state index in [1.165, 1.54) is 0 Å². The maximum absolute atomic E-state index is 9.84. The summed E-state index contributed by atoms with van der Waals surface area (Å²) in [6, 6.07) is 11.4. The number of aromatic hydroxyl groups is 1. The van der Waals surface area contributed by atoms with Crippen LogP contribution in [0.3, 0.4) is 0 Å². The van der Waals surface area contributed by atoms with Crippen molar-refractivity contribution in [1.82, 2.24) is 0 Å². The second kappa shape index (κ2) is 5.17. The van der Waals surface area contributed by atoms with E-state index >= 15 is 0 Å². The third-order valence-electron chi connectivity index (χ3n) is 3.20. The zero-order valence-electron chi connectivity index (χ0n) is 11.0. The fraction of sp³-hybridized carbons (Fsp3) is 0.333. The van der Waals surface area contributed by atoms with Crippen LogP contribution >= 0.6 is 12.4 Å². The highest BCUT2D eigenvalue weighted by atomic mass is 35.5. The summed E-state index contributed by atoms with van der Waals surface area (Å²) in [5.74, 6) is 0.311. The zero-order chi connectivity index (χ0) is 12.6. The van der Waals surface area contributed by atoms with E-state index in [1.54, 1.807) is 6.07 Å². The second-order valence-corrected chi connectivity index (χ2v) is 5.56. The van der Waals surface area contributed by atoms with Gasteiger partial charge in [-0.3, -0.25) is 0 Å². The molecule has 18 heavy (non-hydrogen) atoms. The molecular weight excluding hydrogens is 246 g/mol. The molecule has 1 atom stereocenters. The van der Waals surface area contributed by atoms with Crippen molar-refractivity contribution in [3.63, 3.8) is 0 Å². The number of phenolic OH excluding ortho intramolecular Hbond substituents is 1. The lowest BCUT2D eigenvalue weighted by Gasteiger charge is -2.28. The van der Waals surface area contributed by atoms with Gasteiger partial charge in [-0.15, -0.1) is 12.4 Å². The molecule has 0 fully saturated rings. The highest BCUT2D eigenvalue weighted by molar-refractivity contribution is 5.91. The molecule has 0 amide bonds.